The molecule has 0 aromatic carbocycles. The Hall–Kier alpha value is -1.65. The Morgan fingerprint density at radius 1 is 1.57 bits per heavy atom. The Labute approximate surface area is 81.7 Å². The highest BCUT2D eigenvalue weighted by molar-refractivity contribution is 5.80. The van der Waals surface area contributed by atoms with Crippen LogP contribution in [0.3, 0.4) is 0 Å². The highest BCUT2D eigenvalue weighted by Gasteiger charge is 2.19. The first-order chi connectivity index (χ1) is 6.44. The molecular weight excluding hydrogens is 184 g/mol. The Kier molecular flexibility index (Phi) is 2.69. The molecule has 0 radical (unpaired) electrons. The predicted molar refractivity (Wildman–Crippen MR) is 49.2 cm³/mol. The van der Waals surface area contributed by atoms with E-state index in [0.717, 1.165) is 4.57 Å². The lowest BCUT2D eigenvalue weighted by atomic mass is 10.2. The maximum atomic E-state index is 11.4. The quantitative estimate of drug-likeness (QED) is 0.638. The van der Waals surface area contributed by atoms with Gasteiger partial charge in [0.2, 0.25) is 0 Å². The van der Waals surface area contributed by atoms with Crippen LogP contribution in [0.15, 0.2) is 12.4 Å². The highest BCUT2D eigenvalue weighted by atomic mass is 16.6. The summed E-state index contributed by atoms with van der Waals surface area (Å²) in [4.78, 5) is 25.6. The molecule has 5 heteroatoms. The van der Waals surface area contributed by atoms with Crippen LogP contribution in [0.4, 0.5) is 4.79 Å². The summed E-state index contributed by atoms with van der Waals surface area (Å²) in [6.45, 7) is 5.26. The van der Waals surface area contributed by atoms with Gasteiger partial charge in [-0.3, -0.25) is 4.79 Å². The van der Waals surface area contributed by atoms with Gasteiger partial charge >= 0.3 is 6.09 Å². The zero-order valence-corrected chi connectivity index (χ0v) is 8.35. The van der Waals surface area contributed by atoms with Crippen LogP contribution >= 0.6 is 0 Å². The summed E-state index contributed by atoms with van der Waals surface area (Å²) in [6, 6.07) is 0. The van der Waals surface area contributed by atoms with Crippen molar-refractivity contribution in [2.75, 3.05) is 0 Å². The average Bonchev–Trinajstić information content (AvgIpc) is 2.47. The number of aromatic nitrogens is 2. The molecule has 0 atom stereocenters. The standard InChI is InChI=1S/C9H12N2O3/c1-9(2,3)14-8(13)11-5-4-10-7(11)6-12/h4-6H,1-3H3. The van der Waals surface area contributed by atoms with Gasteiger partial charge in [-0.25, -0.2) is 14.3 Å². The number of aldehydes is 1. The zero-order valence-electron chi connectivity index (χ0n) is 8.35. The maximum absolute atomic E-state index is 11.4. The molecule has 1 aromatic rings. The van der Waals surface area contributed by atoms with E-state index in [2.05, 4.69) is 4.98 Å². The van der Waals surface area contributed by atoms with Crippen LogP contribution in [0.25, 0.3) is 0 Å². The predicted octanol–water partition coefficient (Wildman–Crippen LogP) is 1.48. The van der Waals surface area contributed by atoms with E-state index >= 15 is 0 Å². The minimum atomic E-state index is -0.600. The lowest BCUT2D eigenvalue weighted by Crippen LogP contribution is -2.27. The summed E-state index contributed by atoms with van der Waals surface area (Å²) in [7, 11) is 0. The third-order valence-corrected chi connectivity index (χ3v) is 1.36. The number of hydrogen-bond donors (Lipinski definition) is 0. The van der Waals surface area contributed by atoms with E-state index in [-0.39, 0.29) is 5.82 Å². The number of carbonyl (C=O) groups is 2. The largest absolute Gasteiger partial charge is 0.443 e. The van der Waals surface area contributed by atoms with Gasteiger partial charge in [0, 0.05) is 12.4 Å². The average molecular weight is 196 g/mol. The van der Waals surface area contributed by atoms with E-state index in [1.165, 1.54) is 12.4 Å². The molecule has 0 aliphatic carbocycles. The first-order valence-electron chi connectivity index (χ1n) is 4.16. The molecule has 0 saturated heterocycles. The van der Waals surface area contributed by atoms with Crippen molar-refractivity contribution in [1.29, 1.82) is 0 Å². The van der Waals surface area contributed by atoms with E-state index in [9.17, 15) is 9.59 Å². The van der Waals surface area contributed by atoms with Crippen molar-refractivity contribution >= 4 is 12.4 Å². The molecule has 0 aliphatic rings. The van der Waals surface area contributed by atoms with Gasteiger partial charge in [-0.05, 0) is 20.8 Å². The van der Waals surface area contributed by atoms with Gasteiger partial charge in [-0.15, -0.1) is 0 Å². The number of nitrogens with zero attached hydrogens (tertiary/aromatic N) is 2. The summed E-state index contributed by atoms with van der Waals surface area (Å²) < 4.78 is 6.12. The van der Waals surface area contributed by atoms with E-state index in [1.807, 2.05) is 0 Å². The van der Waals surface area contributed by atoms with Crippen LogP contribution in [-0.2, 0) is 4.74 Å². The van der Waals surface area contributed by atoms with Crippen LogP contribution in [0.5, 0.6) is 0 Å². The van der Waals surface area contributed by atoms with E-state index in [4.69, 9.17) is 4.74 Å². The molecule has 76 valence electrons. The molecule has 0 fully saturated rings. The number of imidazole rings is 1. The number of ether oxygens (including phenoxy) is 1. The summed E-state index contributed by atoms with van der Waals surface area (Å²) in [5.74, 6) is 0.0410. The fourth-order valence-corrected chi connectivity index (χ4v) is 0.868. The van der Waals surface area contributed by atoms with Crippen molar-refractivity contribution in [2.24, 2.45) is 0 Å². The number of hydrogen-bond acceptors (Lipinski definition) is 4. The van der Waals surface area contributed by atoms with Crippen LogP contribution in [0.1, 0.15) is 31.4 Å². The van der Waals surface area contributed by atoms with Gasteiger partial charge in [0.05, 0.1) is 0 Å². The molecule has 0 N–H and O–H groups in total. The van der Waals surface area contributed by atoms with E-state index in [1.54, 1.807) is 20.8 Å². The molecule has 5 nitrogen and oxygen atoms in total. The summed E-state index contributed by atoms with van der Waals surface area (Å²) in [5.41, 5.74) is -0.582. The van der Waals surface area contributed by atoms with Gasteiger partial charge in [-0.1, -0.05) is 0 Å². The lowest BCUT2D eigenvalue weighted by molar-refractivity contribution is 0.0530. The summed E-state index contributed by atoms with van der Waals surface area (Å²) in [6.07, 6.45) is 2.66. The molecule has 1 aromatic heterocycles. The molecule has 0 amide bonds. The van der Waals surface area contributed by atoms with Crippen molar-refractivity contribution < 1.29 is 14.3 Å². The van der Waals surface area contributed by atoms with Crippen molar-refractivity contribution in [3.8, 4) is 0 Å². The van der Waals surface area contributed by atoms with Gasteiger partial charge in [0.15, 0.2) is 12.1 Å². The minimum Gasteiger partial charge on any atom is -0.443 e. The Balaban J connectivity index is 2.85. The third-order valence-electron chi connectivity index (χ3n) is 1.36. The van der Waals surface area contributed by atoms with Gasteiger partial charge in [0.1, 0.15) is 5.60 Å². The molecule has 0 saturated carbocycles. The maximum Gasteiger partial charge on any atom is 0.420 e. The molecule has 14 heavy (non-hydrogen) atoms. The number of carbonyl (C=O) groups excluding carboxylic acids is 2. The lowest BCUT2D eigenvalue weighted by Gasteiger charge is -2.19. The molecule has 0 aliphatic heterocycles. The smallest absolute Gasteiger partial charge is 0.420 e. The van der Waals surface area contributed by atoms with Crippen molar-refractivity contribution in [2.45, 2.75) is 26.4 Å². The van der Waals surface area contributed by atoms with Crippen LogP contribution in [-0.4, -0.2) is 27.5 Å². The fraction of sp³-hybridized carbons (Fsp3) is 0.444. The van der Waals surface area contributed by atoms with Crippen molar-refractivity contribution in [1.82, 2.24) is 9.55 Å². The van der Waals surface area contributed by atoms with E-state index in [0.29, 0.717) is 6.29 Å². The van der Waals surface area contributed by atoms with Crippen LogP contribution in [0, 0.1) is 0 Å². The fourth-order valence-electron chi connectivity index (χ4n) is 0.868. The molecule has 1 heterocycles. The molecule has 1 rings (SSSR count). The Morgan fingerprint density at radius 3 is 2.71 bits per heavy atom. The topological polar surface area (TPSA) is 61.2 Å². The Morgan fingerprint density at radius 2 is 2.21 bits per heavy atom. The number of rotatable bonds is 1. The normalized spacial score (nSPS) is 11.1. The minimum absolute atomic E-state index is 0.0410. The summed E-state index contributed by atoms with van der Waals surface area (Å²) >= 11 is 0. The van der Waals surface area contributed by atoms with Gasteiger partial charge < -0.3 is 4.74 Å². The van der Waals surface area contributed by atoms with Crippen LogP contribution < -0.4 is 0 Å². The van der Waals surface area contributed by atoms with Crippen LogP contribution in [0.2, 0.25) is 0 Å². The summed E-state index contributed by atoms with van der Waals surface area (Å²) in [5, 5.41) is 0. The second-order valence-electron chi connectivity index (χ2n) is 3.75. The van der Waals surface area contributed by atoms with Gasteiger partial charge in [-0.2, -0.15) is 0 Å². The zero-order chi connectivity index (χ0) is 10.8. The molecule has 0 bridgehead atoms. The van der Waals surface area contributed by atoms with Crippen molar-refractivity contribution in [3.05, 3.63) is 18.2 Å². The van der Waals surface area contributed by atoms with Crippen molar-refractivity contribution in [3.63, 3.8) is 0 Å². The monoisotopic (exact) mass is 196 g/mol. The molecular formula is C9H12N2O3. The second kappa shape index (κ2) is 3.61. The third kappa shape index (κ3) is 2.42. The van der Waals surface area contributed by atoms with Gasteiger partial charge in [0.25, 0.3) is 0 Å². The molecule has 0 unspecified atom stereocenters. The highest BCUT2D eigenvalue weighted by Crippen LogP contribution is 2.09. The van der Waals surface area contributed by atoms with E-state index < -0.39 is 11.7 Å². The molecule has 0 spiro atoms. The SMILES string of the molecule is CC(C)(C)OC(=O)n1ccnc1C=O. The second-order valence-corrected chi connectivity index (χ2v) is 3.75. The first-order valence-corrected chi connectivity index (χ1v) is 4.16. The Bertz CT molecular complexity index is 349. The first kappa shape index (κ1) is 10.4.